The van der Waals surface area contributed by atoms with Crippen molar-refractivity contribution in [3.05, 3.63) is 51.0 Å². The van der Waals surface area contributed by atoms with Crippen LogP contribution in [0.3, 0.4) is 0 Å². The molecule has 0 unspecified atom stereocenters. The van der Waals surface area contributed by atoms with E-state index in [0.29, 0.717) is 39.8 Å². The van der Waals surface area contributed by atoms with Gasteiger partial charge in [0.05, 0.1) is 35.0 Å². The van der Waals surface area contributed by atoms with Crippen LogP contribution in [0.25, 0.3) is 6.08 Å². The standard InChI is InChI=1S/C20H21Cl2N3O4S2/c1-13(26)25(31-20-23-15(12-30-20)3-5-19(27)28)11-16-10-24(6-7-29-16)9-14-2-4-17(21)18(22)8-14/h2-5,8,12,16H,6-7,9-11H2,1H3,(H,27,28)/b5-3+/t16-/m0/s1. The third kappa shape index (κ3) is 7.48. The molecule has 1 aromatic heterocycles. The molecule has 0 bridgehead atoms. The van der Waals surface area contributed by atoms with E-state index in [1.807, 2.05) is 12.1 Å². The number of nitrogens with zero attached hydrogens (tertiary/aromatic N) is 3. The fourth-order valence-corrected chi connectivity index (χ4v) is 5.11. The molecule has 1 aliphatic heterocycles. The van der Waals surface area contributed by atoms with Crippen LogP contribution in [0.15, 0.2) is 34.0 Å². The Kier molecular flexibility index (Phi) is 8.76. The number of aliphatic carboxylic acids is 1. The van der Waals surface area contributed by atoms with Crippen molar-refractivity contribution in [2.45, 2.75) is 23.9 Å². The highest BCUT2D eigenvalue weighted by molar-refractivity contribution is 7.99. The predicted octanol–water partition coefficient (Wildman–Crippen LogP) is 4.30. The van der Waals surface area contributed by atoms with Gasteiger partial charge in [-0.3, -0.25) is 14.0 Å². The number of halogens is 2. The Labute approximate surface area is 198 Å². The van der Waals surface area contributed by atoms with Crippen molar-refractivity contribution in [3.8, 4) is 0 Å². The number of thiazole rings is 1. The molecule has 31 heavy (non-hydrogen) atoms. The highest BCUT2D eigenvalue weighted by atomic mass is 35.5. The summed E-state index contributed by atoms with van der Waals surface area (Å²) in [5.74, 6) is -1.14. The van der Waals surface area contributed by atoms with Crippen molar-refractivity contribution in [2.75, 3.05) is 26.2 Å². The minimum absolute atomic E-state index is 0.104. The number of ether oxygens (including phenoxy) is 1. The topological polar surface area (TPSA) is 83.0 Å². The number of amides is 1. The van der Waals surface area contributed by atoms with Crippen LogP contribution in [0.1, 0.15) is 18.2 Å². The molecule has 1 saturated heterocycles. The molecule has 2 heterocycles. The molecule has 2 aromatic rings. The van der Waals surface area contributed by atoms with Crippen LogP contribution in [0, 0.1) is 0 Å². The van der Waals surface area contributed by atoms with Gasteiger partial charge in [-0.25, -0.2) is 9.78 Å². The third-order valence-corrected chi connectivity index (χ3v) is 7.20. The van der Waals surface area contributed by atoms with E-state index in [2.05, 4.69) is 9.88 Å². The number of morpholine rings is 1. The quantitative estimate of drug-likeness (QED) is 0.426. The zero-order chi connectivity index (χ0) is 22.4. The van der Waals surface area contributed by atoms with Crippen molar-refractivity contribution in [3.63, 3.8) is 0 Å². The van der Waals surface area contributed by atoms with Crippen molar-refractivity contribution in [2.24, 2.45) is 0 Å². The van der Waals surface area contributed by atoms with Gasteiger partial charge in [0.15, 0.2) is 4.34 Å². The minimum atomic E-state index is -1.03. The van der Waals surface area contributed by atoms with E-state index in [1.54, 1.807) is 15.8 Å². The highest BCUT2D eigenvalue weighted by Crippen LogP contribution is 2.28. The number of aromatic nitrogens is 1. The summed E-state index contributed by atoms with van der Waals surface area (Å²) in [6, 6.07) is 5.61. The second-order valence-corrected chi connectivity index (χ2v) is 9.80. The first-order chi connectivity index (χ1) is 14.8. The number of carboxylic acid groups (broad SMARTS) is 1. The summed E-state index contributed by atoms with van der Waals surface area (Å²) in [6.07, 6.45) is 2.32. The van der Waals surface area contributed by atoms with Gasteiger partial charge in [-0.2, -0.15) is 0 Å². The summed E-state index contributed by atoms with van der Waals surface area (Å²) in [6.45, 7) is 4.67. The monoisotopic (exact) mass is 501 g/mol. The Morgan fingerprint density at radius 2 is 2.23 bits per heavy atom. The maximum Gasteiger partial charge on any atom is 0.328 e. The van der Waals surface area contributed by atoms with Gasteiger partial charge in [-0.05, 0) is 23.8 Å². The van der Waals surface area contributed by atoms with E-state index >= 15 is 0 Å². The van der Waals surface area contributed by atoms with Gasteiger partial charge in [0.1, 0.15) is 0 Å². The maximum absolute atomic E-state index is 12.2. The van der Waals surface area contributed by atoms with Crippen LogP contribution in [0.5, 0.6) is 0 Å². The van der Waals surface area contributed by atoms with Crippen molar-refractivity contribution >= 4 is 64.4 Å². The van der Waals surface area contributed by atoms with Crippen molar-refractivity contribution in [1.82, 2.24) is 14.2 Å². The van der Waals surface area contributed by atoms with Crippen LogP contribution in [0.4, 0.5) is 0 Å². The number of carbonyl (C=O) groups excluding carboxylic acids is 1. The molecular weight excluding hydrogens is 481 g/mol. The van der Waals surface area contributed by atoms with E-state index in [1.165, 1.54) is 36.3 Å². The SMILES string of the molecule is CC(=O)N(C[C@@H]1CN(Cc2ccc(Cl)c(Cl)c2)CCO1)Sc1nc(/C=C/C(=O)O)cs1. The summed E-state index contributed by atoms with van der Waals surface area (Å²) >= 11 is 14.7. The first kappa shape index (κ1) is 24.0. The zero-order valence-corrected chi connectivity index (χ0v) is 19.8. The van der Waals surface area contributed by atoms with Gasteiger partial charge in [-0.1, -0.05) is 29.3 Å². The Morgan fingerprint density at radius 1 is 1.42 bits per heavy atom. The van der Waals surface area contributed by atoms with E-state index in [0.717, 1.165) is 24.7 Å². The van der Waals surface area contributed by atoms with Crippen LogP contribution in [-0.2, 0) is 20.9 Å². The average molecular weight is 502 g/mol. The molecule has 1 fully saturated rings. The molecule has 7 nitrogen and oxygen atoms in total. The van der Waals surface area contributed by atoms with Gasteiger partial charge >= 0.3 is 5.97 Å². The fourth-order valence-electron chi connectivity index (χ4n) is 2.98. The lowest BCUT2D eigenvalue weighted by Crippen LogP contribution is -2.46. The molecule has 1 amide bonds. The zero-order valence-electron chi connectivity index (χ0n) is 16.7. The second kappa shape index (κ2) is 11.3. The lowest BCUT2D eigenvalue weighted by atomic mass is 10.2. The summed E-state index contributed by atoms with van der Waals surface area (Å²) in [4.78, 5) is 29.4. The van der Waals surface area contributed by atoms with E-state index in [4.69, 9.17) is 33.0 Å². The maximum atomic E-state index is 12.2. The van der Waals surface area contributed by atoms with Crippen LogP contribution < -0.4 is 0 Å². The second-order valence-electron chi connectivity index (χ2n) is 6.86. The summed E-state index contributed by atoms with van der Waals surface area (Å²) in [5, 5.41) is 11.5. The minimum Gasteiger partial charge on any atom is -0.478 e. The Morgan fingerprint density at radius 3 is 2.94 bits per heavy atom. The predicted molar refractivity (Wildman–Crippen MR) is 124 cm³/mol. The number of benzene rings is 1. The third-order valence-electron chi connectivity index (χ3n) is 4.42. The molecular formula is C20H21Cl2N3O4S2. The molecule has 0 spiro atoms. The van der Waals surface area contributed by atoms with Crippen LogP contribution in [-0.4, -0.2) is 63.5 Å². The van der Waals surface area contributed by atoms with Gasteiger partial charge in [0, 0.05) is 50.0 Å². The number of hydrogen-bond donors (Lipinski definition) is 1. The molecule has 0 radical (unpaired) electrons. The molecule has 1 N–H and O–H groups in total. The number of rotatable bonds is 8. The number of carboxylic acids is 1. The summed E-state index contributed by atoms with van der Waals surface area (Å²) in [5.41, 5.74) is 1.61. The van der Waals surface area contributed by atoms with Gasteiger partial charge in [-0.15, -0.1) is 11.3 Å². The van der Waals surface area contributed by atoms with Crippen LogP contribution in [0.2, 0.25) is 10.0 Å². The summed E-state index contributed by atoms with van der Waals surface area (Å²) in [7, 11) is 0. The lowest BCUT2D eigenvalue weighted by molar-refractivity contribution is -0.131. The summed E-state index contributed by atoms with van der Waals surface area (Å²) < 4.78 is 8.17. The van der Waals surface area contributed by atoms with Crippen molar-refractivity contribution < 1.29 is 19.4 Å². The molecule has 1 aliphatic rings. The lowest BCUT2D eigenvalue weighted by Gasteiger charge is -2.35. The van der Waals surface area contributed by atoms with Gasteiger partial charge in [0.25, 0.3) is 0 Å². The first-order valence-corrected chi connectivity index (χ1v) is 11.8. The highest BCUT2D eigenvalue weighted by Gasteiger charge is 2.25. The van der Waals surface area contributed by atoms with Crippen LogP contribution >= 0.6 is 46.5 Å². The molecule has 166 valence electrons. The van der Waals surface area contributed by atoms with Gasteiger partial charge in [0.2, 0.25) is 5.91 Å². The Hall–Kier alpha value is -1.62. The molecule has 0 aliphatic carbocycles. The number of carbonyl (C=O) groups is 2. The normalized spacial score (nSPS) is 17.2. The molecule has 1 atom stereocenters. The van der Waals surface area contributed by atoms with Gasteiger partial charge < -0.3 is 9.84 Å². The molecule has 3 rings (SSSR count). The molecule has 0 saturated carbocycles. The van der Waals surface area contributed by atoms with Crippen molar-refractivity contribution in [1.29, 1.82) is 0 Å². The number of hydrogen-bond acceptors (Lipinski definition) is 7. The Balaban J connectivity index is 1.58. The smallest absolute Gasteiger partial charge is 0.328 e. The largest absolute Gasteiger partial charge is 0.478 e. The Bertz CT molecular complexity index is 970. The first-order valence-electron chi connectivity index (χ1n) is 9.40. The average Bonchev–Trinajstić information content (AvgIpc) is 3.16. The fraction of sp³-hybridized carbons (Fsp3) is 0.350. The molecule has 11 heteroatoms. The van der Waals surface area contributed by atoms with E-state index in [9.17, 15) is 9.59 Å². The molecule has 1 aromatic carbocycles. The van der Waals surface area contributed by atoms with E-state index < -0.39 is 5.97 Å². The van der Waals surface area contributed by atoms with E-state index in [-0.39, 0.29) is 12.0 Å².